The lowest BCUT2D eigenvalue weighted by atomic mass is 10.1. The van der Waals surface area contributed by atoms with Gasteiger partial charge in [0.25, 0.3) is 5.69 Å². The van der Waals surface area contributed by atoms with E-state index in [0.29, 0.717) is 0 Å². The number of rotatable bonds is 5. The Morgan fingerprint density at radius 2 is 1.86 bits per heavy atom. The summed E-state index contributed by atoms with van der Waals surface area (Å²) in [5.74, 6) is -1.10. The van der Waals surface area contributed by atoms with E-state index in [1.54, 1.807) is 6.07 Å². The van der Waals surface area contributed by atoms with Crippen LogP contribution in [-0.4, -0.2) is 28.3 Å². The topological polar surface area (TPSA) is 99.4 Å². The summed E-state index contributed by atoms with van der Waals surface area (Å²) in [5, 5.41) is 10.5. The van der Waals surface area contributed by atoms with Gasteiger partial charge >= 0.3 is 5.97 Å². The number of benzene rings is 1. The van der Waals surface area contributed by atoms with Crippen LogP contribution in [0.1, 0.15) is 20.7 Å². The Labute approximate surface area is 119 Å². The van der Waals surface area contributed by atoms with Crippen LogP contribution in [0, 0.1) is 10.1 Å². The molecule has 106 valence electrons. The number of esters is 1. The molecule has 21 heavy (non-hydrogen) atoms. The van der Waals surface area contributed by atoms with E-state index >= 15 is 0 Å². The summed E-state index contributed by atoms with van der Waals surface area (Å²) < 4.78 is 4.86. The van der Waals surface area contributed by atoms with E-state index in [9.17, 15) is 19.7 Å². The lowest BCUT2D eigenvalue weighted by Crippen LogP contribution is -2.14. The molecule has 0 amide bonds. The van der Waals surface area contributed by atoms with E-state index in [1.807, 2.05) is 0 Å². The molecule has 7 heteroatoms. The number of pyridine rings is 1. The first-order valence-electron chi connectivity index (χ1n) is 5.93. The summed E-state index contributed by atoms with van der Waals surface area (Å²) in [6, 6.07) is 8.17. The predicted octanol–water partition coefficient (Wildman–Crippen LogP) is 2.03. The van der Waals surface area contributed by atoms with Crippen LogP contribution in [0.3, 0.4) is 0 Å². The number of ketones is 1. The second kappa shape index (κ2) is 6.38. The molecule has 1 heterocycles. The molecule has 0 aliphatic carbocycles. The average molecular weight is 286 g/mol. The third-order valence-corrected chi connectivity index (χ3v) is 2.63. The standard InChI is InChI=1S/C14H10N2O5/c17-13(10-3-5-12(6-4-10)16(19)20)9-21-14(18)11-2-1-7-15-8-11/h1-8H,9H2. The van der Waals surface area contributed by atoms with Crippen molar-refractivity contribution in [2.45, 2.75) is 0 Å². The van der Waals surface area contributed by atoms with E-state index in [-0.39, 0.29) is 16.8 Å². The fourth-order valence-electron chi connectivity index (χ4n) is 1.55. The van der Waals surface area contributed by atoms with Crippen molar-refractivity contribution in [3.63, 3.8) is 0 Å². The average Bonchev–Trinajstić information content (AvgIpc) is 2.53. The van der Waals surface area contributed by atoms with Crippen molar-refractivity contribution in [2.75, 3.05) is 6.61 Å². The van der Waals surface area contributed by atoms with Crippen molar-refractivity contribution in [2.24, 2.45) is 0 Å². The molecule has 0 fully saturated rings. The van der Waals surface area contributed by atoms with Gasteiger partial charge in [-0.3, -0.25) is 19.9 Å². The minimum Gasteiger partial charge on any atom is -0.454 e. The van der Waals surface area contributed by atoms with E-state index in [2.05, 4.69) is 4.98 Å². The Morgan fingerprint density at radius 1 is 1.14 bits per heavy atom. The first-order chi connectivity index (χ1) is 10.1. The third kappa shape index (κ3) is 3.69. The van der Waals surface area contributed by atoms with Gasteiger partial charge in [-0.15, -0.1) is 0 Å². The van der Waals surface area contributed by atoms with Gasteiger partial charge in [-0.05, 0) is 24.3 Å². The number of hydrogen-bond acceptors (Lipinski definition) is 6. The van der Waals surface area contributed by atoms with Gasteiger partial charge in [0.2, 0.25) is 0 Å². The number of ether oxygens (including phenoxy) is 1. The van der Waals surface area contributed by atoms with Crippen LogP contribution in [0.15, 0.2) is 48.8 Å². The van der Waals surface area contributed by atoms with E-state index < -0.39 is 23.3 Å². The largest absolute Gasteiger partial charge is 0.454 e. The van der Waals surface area contributed by atoms with Crippen molar-refractivity contribution in [3.05, 3.63) is 70.0 Å². The van der Waals surface area contributed by atoms with Gasteiger partial charge in [-0.2, -0.15) is 0 Å². The summed E-state index contributed by atoms with van der Waals surface area (Å²) in [6.07, 6.45) is 2.84. The summed E-state index contributed by atoms with van der Waals surface area (Å²) >= 11 is 0. The molecule has 0 bridgehead atoms. The molecule has 0 atom stereocenters. The van der Waals surface area contributed by atoms with Gasteiger partial charge in [0.1, 0.15) is 0 Å². The minimum atomic E-state index is -0.654. The zero-order chi connectivity index (χ0) is 15.2. The number of nitro groups is 1. The molecular weight excluding hydrogens is 276 g/mol. The Kier molecular flexibility index (Phi) is 4.35. The Balaban J connectivity index is 1.96. The number of nitro benzene ring substituents is 1. The van der Waals surface area contributed by atoms with Crippen LogP contribution in [0.2, 0.25) is 0 Å². The Morgan fingerprint density at radius 3 is 2.43 bits per heavy atom. The second-order valence-electron chi connectivity index (χ2n) is 4.04. The fraction of sp³-hybridized carbons (Fsp3) is 0.0714. The highest BCUT2D eigenvalue weighted by Gasteiger charge is 2.13. The number of carbonyl (C=O) groups excluding carboxylic acids is 2. The maximum absolute atomic E-state index is 11.8. The molecule has 0 aliphatic heterocycles. The van der Waals surface area contributed by atoms with E-state index in [4.69, 9.17) is 4.74 Å². The molecule has 1 aromatic carbocycles. The molecule has 0 saturated carbocycles. The third-order valence-electron chi connectivity index (χ3n) is 2.63. The van der Waals surface area contributed by atoms with E-state index in [1.165, 1.54) is 42.7 Å². The lowest BCUT2D eigenvalue weighted by Gasteiger charge is -2.04. The quantitative estimate of drug-likeness (QED) is 0.361. The van der Waals surface area contributed by atoms with Gasteiger partial charge in [-0.25, -0.2) is 4.79 Å². The Hall–Kier alpha value is -3.09. The number of hydrogen-bond donors (Lipinski definition) is 0. The number of carbonyl (C=O) groups is 2. The summed E-state index contributed by atoms with van der Waals surface area (Å²) in [5.41, 5.74) is 0.368. The summed E-state index contributed by atoms with van der Waals surface area (Å²) in [4.78, 5) is 37.1. The second-order valence-corrected chi connectivity index (χ2v) is 4.04. The van der Waals surface area contributed by atoms with Gasteiger partial charge in [0.05, 0.1) is 10.5 Å². The maximum Gasteiger partial charge on any atom is 0.340 e. The van der Waals surface area contributed by atoms with Gasteiger partial charge in [-0.1, -0.05) is 0 Å². The monoisotopic (exact) mass is 286 g/mol. The van der Waals surface area contributed by atoms with Crippen molar-refractivity contribution in [1.82, 2.24) is 4.98 Å². The highest BCUT2D eigenvalue weighted by Crippen LogP contribution is 2.12. The zero-order valence-corrected chi connectivity index (χ0v) is 10.8. The van der Waals surface area contributed by atoms with Crippen LogP contribution in [0.4, 0.5) is 5.69 Å². The molecule has 0 spiro atoms. The molecule has 0 N–H and O–H groups in total. The Bertz CT molecular complexity index is 668. The lowest BCUT2D eigenvalue weighted by molar-refractivity contribution is -0.384. The fourth-order valence-corrected chi connectivity index (χ4v) is 1.55. The minimum absolute atomic E-state index is 0.112. The predicted molar refractivity (Wildman–Crippen MR) is 71.9 cm³/mol. The summed E-state index contributed by atoms with van der Waals surface area (Å²) in [7, 11) is 0. The normalized spacial score (nSPS) is 9.90. The molecule has 0 saturated heterocycles. The SMILES string of the molecule is O=C(COC(=O)c1cccnc1)c1ccc([N+](=O)[O-])cc1. The van der Waals surface area contributed by atoms with Crippen molar-refractivity contribution in [3.8, 4) is 0 Å². The molecule has 0 unspecified atom stereocenters. The van der Waals surface area contributed by atoms with Crippen molar-refractivity contribution < 1.29 is 19.2 Å². The van der Waals surface area contributed by atoms with Crippen molar-refractivity contribution >= 4 is 17.4 Å². The molecule has 1 aromatic heterocycles. The molecular formula is C14H10N2O5. The molecule has 2 aromatic rings. The first-order valence-corrected chi connectivity index (χ1v) is 5.93. The summed E-state index contributed by atoms with van der Waals surface area (Å²) in [6.45, 7) is -0.439. The number of non-ortho nitro benzene ring substituents is 1. The van der Waals surface area contributed by atoms with Gasteiger partial charge in [0.15, 0.2) is 12.4 Å². The number of aromatic nitrogens is 1. The van der Waals surface area contributed by atoms with Crippen LogP contribution in [0.5, 0.6) is 0 Å². The molecule has 7 nitrogen and oxygen atoms in total. The smallest absolute Gasteiger partial charge is 0.340 e. The molecule has 0 radical (unpaired) electrons. The van der Waals surface area contributed by atoms with Gasteiger partial charge < -0.3 is 4.74 Å². The highest BCUT2D eigenvalue weighted by atomic mass is 16.6. The zero-order valence-electron chi connectivity index (χ0n) is 10.8. The van der Waals surface area contributed by atoms with Gasteiger partial charge in [0, 0.05) is 30.1 Å². The van der Waals surface area contributed by atoms with Crippen LogP contribution >= 0.6 is 0 Å². The van der Waals surface area contributed by atoms with Crippen molar-refractivity contribution in [1.29, 1.82) is 0 Å². The molecule has 2 rings (SSSR count). The van der Waals surface area contributed by atoms with Crippen LogP contribution < -0.4 is 0 Å². The van der Waals surface area contributed by atoms with Crippen LogP contribution in [-0.2, 0) is 4.74 Å². The number of nitrogens with zero attached hydrogens (tertiary/aromatic N) is 2. The number of Topliss-reactive ketones (excluding diaryl/α,β-unsaturated/α-hetero) is 1. The maximum atomic E-state index is 11.8. The highest BCUT2D eigenvalue weighted by molar-refractivity contribution is 5.99. The first kappa shape index (κ1) is 14.3. The molecule has 0 aliphatic rings. The van der Waals surface area contributed by atoms with Crippen LogP contribution in [0.25, 0.3) is 0 Å². The van der Waals surface area contributed by atoms with E-state index in [0.717, 1.165) is 0 Å².